The molecule has 0 bridgehead atoms. The molecule has 1 rings (SSSR count). The Morgan fingerprint density at radius 1 is 1.43 bits per heavy atom. The number of nitrogens with zero attached hydrogens (tertiary/aromatic N) is 1. The minimum Gasteiger partial charge on any atom is -0.337 e. The topological polar surface area (TPSA) is 58.4 Å². The summed E-state index contributed by atoms with van der Waals surface area (Å²) in [5.41, 5.74) is 5.58. The van der Waals surface area contributed by atoms with Crippen molar-refractivity contribution in [3.8, 4) is 0 Å². The molecule has 4 nitrogen and oxygen atoms in total. The smallest absolute Gasteiger partial charge is 0.317 e. The fourth-order valence-electron chi connectivity index (χ4n) is 1.42. The lowest BCUT2D eigenvalue weighted by molar-refractivity contribution is 0.203. The molecule has 1 aliphatic heterocycles. The number of rotatable bonds is 3. The van der Waals surface area contributed by atoms with Gasteiger partial charge in [0.2, 0.25) is 0 Å². The van der Waals surface area contributed by atoms with Crippen molar-refractivity contribution in [1.29, 1.82) is 0 Å². The Kier molecular flexibility index (Phi) is 3.75. The highest BCUT2D eigenvalue weighted by atomic mass is 16.2. The van der Waals surface area contributed by atoms with Crippen molar-refractivity contribution in [2.45, 2.75) is 26.7 Å². The predicted octanol–water partition coefficient (Wildman–Crippen LogP) is 0.777. The Balaban J connectivity index is 2.27. The van der Waals surface area contributed by atoms with Crippen LogP contribution in [0.15, 0.2) is 0 Å². The number of amides is 2. The maximum atomic E-state index is 11.6. The molecule has 0 aromatic heterocycles. The fourth-order valence-corrected chi connectivity index (χ4v) is 1.42. The van der Waals surface area contributed by atoms with Crippen LogP contribution in [0.3, 0.4) is 0 Å². The Bertz CT molecular complexity index is 198. The minimum atomic E-state index is -0.00458. The summed E-state index contributed by atoms with van der Waals surface area (Å²) in [7, 11) is 0. The van der Waals surface area contributed by atoms with E-state index in [1.807, 2.05) is 4.90 Å². The summed E-state index contributed by atoms with van der Waals surface area (Å²) < 4.78 is 0. The van der Waals surface area contributed by atoms with Gasteiger partial charge in [-0.15, -0.1) is 0 Å². The summed E-state index contributed by atoms with van der Waals surface area (Å²) in [5, 5.41) is 2.92. The van der Waals surface area contributed by atoms with Crippen LogP contribution in [0.4, 0.5) is 4.79 Å². The summed E-state index contributed by atoms with van der Waals surface area (Å²) in [6.45, 7) is 7.14. The fraction of sp³-hybridized carbons (Fsp3) is 0.900. The lowest BCUT2D eigenvalue weighted by Crippen LogP contribution is -2.44. The van der Waals surface area contributed by atoms with Crippen LogP contribution < -0.4 is 11.1 Å². The van der Waals surface area contributed by atoms with E-state index < -0.39 is 0 Å². The largest absolute Gasteiger partial charge is 0.337 e. The third-order valence-corrected chi connectivity index (χ3v) is 2.66. The van der Waals surface area contributed by atoms with Gasteiger partial charge in [-0.2, -0.15) is 0 Å². The van der Waals surface area contributed by atoms with Gasteiger partial charge in [0.25, 0.3) is 0 Å². The third-order valence-electron chi connectivity index (χ3n) is 2.66. The van der Waals surface area contributed by atoms with Crippen LogP contribution in [0.25, 0.3) is 0 Å². The van der Waals surface area contributed by atoms with E-state index in [0.29, 0.717) is 13.1 Å². The molecular weight excluding hydrogens is 178 g/mol. The first kappa shape index (κ1) is 11.3. The van der Waals surface area contributed by atoms with Crippen LogP contribution >= 0.6 is 0 Å². The number of nitrogens with two attached hydrogens (primary N) is 1. The monoisotopic (exact) mass is 199 g/mol. The maximum Gasteiger partial charge on any atom is 0.317 e. The second-order valence-corrected chi connectivity index (χ2v) is 4.72. The van der Waals surface area contributed by atoms with E-state index in [1.165, 1.54) is 0 Å². The molecule has 1 saturated heterocycles. The normalized spacial score (nSPS) is 17.2. The van der Waals surface area contributed by atoms with Crippen molar-refractivity contribution in [2.75, 3.05) is 26.2 Å². The molecule has 1 fully saturated rings. The zero-order chi connectivity index (χ0) is 10.6. The molecule has 14 heavy (non-hydrogen) atoms. The third kappa shape index (κ3) is 3.18. The van der Waals surface area contributed by atoms with Gasteiger partial charge in [-0.05, 0) is 24.8 Å². The second kappa shape index (κ2) is 4.64. The molecule has 3 N–H and O–H groups in total. The Labute approximate surface area is 85.8 Å². The summed E-state index contributed by atoms with van der Waals surface area (Å²) in [6, 6.07) is 0.0593. The molecule has 1 aliphatic rings. The van der Waals surface area contributed by atoms with Crippen molar-refractivity contribution in [3.63, 3.8) is 0 Å². The minimum absolute atomic E-state index is 0.00458. The number of nitrogens with one attached hydrogen (secondary N) is 1. The molecule has 0 aliphatic carbocycles. The van der Waals surface area contributed by atoms with E-state index in [9.17, 15) is 4.79 Å². The van der Waals surface area contributed by atoms with Crippen molar-refractivity contribution in [3.05, 3.63) is 0 Å². The molecule has 0 atom stereocenters. The van der Waals surface area contributed by atoms with Crippen LogP contribution in [0.1, 0.15) is 26.7 Å². The molecule has 0 radical (unpaired) electrons. The lowest BCUT2D eigenvalue weighted by Gasteiger charge is -2.24. The molecule has 82 valence electrons. The van der Waals surface area contributed by atoms with Crippen molar-refractivity contribution < 1.29 is 4.79 Å². The van der Waals surface area contributed by atoms with E-state index in [2.05, 4.69) is 19.2 Å². The highest BCUT2D eigenvalue weighted by Crippen LogP contribution is 2.11. The van der Waals surface area contributed by atoms with Gasteiger partial charge < -0.3 is 16.0 Å². The summed E-state index contributed by atoms with van der Waals surface area (Å²) in [4.78, 5) is 13.4. The van der Waals surface area contributed by atoms with E-state index in [-0.39, 0.29) is 11.4 Å². The Hall–Kier alpha value is -0.770. The molecule has 2 amide bonds. The van der Waals surface area contributed by atoms with Gasteiger partial charge >= 0.3 is 6.03 Å². The van der Waals surface area contributed by atoms with Crippen LogP contribution in [-0.2, 0) is 0 Å². The number of hydrogen-bond donors (Lipinski definition) is 2. The zero-order valence-electron chi connectivity index (χ0n) is 9.18. The molecule has 0 aromatic carbocycles. The SMILES string of the molecule is CC(C)(CN)CNC(=O)N1CCCC1. The number of likely N-dealkylation sites (tertiary alicyclic amines) is 1. The second-order valence-electron chi connectivity index (χ2n) is 4.72. The van der Waals surface area contributed by atoms with Gasteiger partial charge in [0.15, 0.2) is 0 Å². The van der Waals surface area contributed by atoms with Crippen molar-refractivity contribution in [2.24, 2.45) is 11.1 Å². The predicted molar refractivity (Wildman–Crippen MR) is 57.0 cm³/mol. The van der Waals surface area contributed by atoms with Gasteiger partial charge in [-0.1, -0.05) is 13.8 Å². The van der Waals surface area contributed by atoms with Gasteiger partial charge in [0.05, 0.1) is 0 Å². The summed E-state index contributed by atoms with van der Waals surface area (Å²) >= 11 is 0. The van der Waals surface area contributed by atoms with E-state index >= 15 is 0 Å². The van der Waals surface area contributed by atoms with E-state index in [4.69, 9.17) is 5.73 Å². The lowest BCUT2D eigenvalue weighted by atomic mass is 9.94. The van der Waals surface area contributed by atoms with E-state index in [0.717, 1.165) is 25.9 Å². The van der Waals surface area contributed by atoms with E-state index in [1.54, 1.807) is 0 Å². The summed E-state index contributed by atoms with van der Waals surface area (Å²) in [5.74, 6) is 0. The highest BCUT2D eigenvalue weighted by Gasteiger charge is 2.21. The highest BCUT2D eigenvalue weighted by molar-refractivity contribution is 5.74. The van der Waals surface area contributed by atoms with Gasteiger partial charge in [0, 0.05) is 19.6 Å². The maximum absolute atomic E-state index is 11.6. The number of carbonyl (C=O) groups is 1. The standard InChI is InChI=1S/C10H21N3O/c1-10(2,7-11)8-12-9(14)13-5-3-4-6-13/h3-8,11H2,1-2H3,(H,12,14). The first-order valence-electron chi connectivity index (χ1n) is 5.28. The molecule has 0 aromatic rings. The molecule has 1 heterocycles. The zero-order valence-corrected chi connectivity index (χ0v) is 9.18. The first-order valence-corrected chi connectivity index (χ1v) is 5.28. The Morgan fingerprint density at radius 2 is 2.00 bits per heavy atom. The Morgan fingerprint density at radius 3 is 2.50 bits per heavy atom. The molecular formula is C10H21N3O. The van der Waals surface area contributed by atoms with Gasteiger partial charge in [-0.25, -0.2) is 4.79 Å². The van der Waals surface area contributed by atoms with Gasteiger partial charge in [0.1, 0.15) is 0 Å². The van der Waals surface area contributed by atoms with Crippen molar-refractivity contribution in [1.82, 2.24) is 10.2 Å². The van der Waals surface area contributed by atoms with Crippen LogP contribution in [0.2, 0.25) is 0 Å². The number of carbonyl (C=O) groups excluding carboxylic acids is 1. The van der Waals surface area contributed by atoms with Crippen LogP contribution in [0, 0.1) is 5.41 Å². The van der Waals surface area contributed by atoms with Crippen molar-refractivity contribution >= 4 is 6.03 Å². The molecule has 4 heteroatoms. The molecule has 0 unspecified atom stereocenters. The van der Waals surface area contributed by atoms with Crippen LogP contribution in [-0.4, -0.2) is 37.1 Å². The first-order chi connectivity index (χ1) is 6.55. The van der Waals surface area contributed by atoms with Gasteiger partial charge in [-0.3, -0.25) is 0 Å². The molecule has 0 spiro atoms. The molecule has 0 saturated carbocycles. The number of urea groups is 1. The summed E-state index contributed by atoms with van der Waals surface area (Å²) in [6.07, 6.45) is 2.27. The average molecular weight is 199 g/mol. The number of hydrogen-bond acceptors (Lipinski definition) is 2. The quantitative estimate of drug-likeness (QED) is 0.705. The van der Waals surface area contributed by atoms with Crippen LogP contribution in [0.5, 0.6) is 0 Å². The average Bonchev–Trinajstić information content (AvgIpc) is 2.67.